The van der Waals surface area contributed by atoms with E-state index in [9.17, 15) is 0 Å². The lowest BCUT2D eigenvalue weighted by molar-refractivity contribution is 1.72. The average molecular weight is 174 g/mol. The molecule has 0 heterocycles. The quantitative estimate of drug-likeness (QED) is 0.531. The van der Waals surface area contributed by atoms with E-state index in [-0.39, 0.29) is 27.0 Å². The first kappa shape index (κ1) is 16.3. The second-order valence-corrected chi connectivity index (χ2v) is 1.15. The van der Waals surface area contributed by atoms with Gasteiger partial charge in [0.15, 0.2) is 0 Å². The molecule has 10 heavy (non-hydrogen) atoms. The minimum absolute atomic E-state index is 0. The molecule has 0 N–H and O–H groups in total. The first-order valence-corrected chi connectivity index (χ1v) is 2.50. The van der Waals surface area contributed by atoms with Gasteiger partial charge in [0.2, 0.25) is 0 Å². The fraction of sp³-hybridized carbons (Fsp3) is 0. The lowest BCUT2D eigenvalue weighted by Crippen LogP contribution is -1.47. The first-order valence-electron chi connectivity index (χ1n) is 2.50. The lowest BCUT2D eigenvalue weighted by atomic mass is 10.4. The largest absolute Gasteiger partial charge is 0.197 e. The highest BCUT2D eigenvalue weighted by molar-refractivity contribution is 7.59. The van der Waals surface area contributed by atoms with Crippen LogP contribution in [-0.2, 0) is 0 Å². The topological polar surface area (TPSA) is 0 Å². The van der Waals surface area contributed by atoms with Crippen LogP contribution in [0.3, 0.4) is 0 Å². The molecule has 0 saturated heterocycles. The van der Waals surface area contributed by atoms with Gasteiger partial charge in [-0.25, -0.2) is 0 Å². The molecule has 0 aliphatic rings. The molecule has 1 rings (SSSR count). The van der Waals surface area contributed by atoms with Gasteiger partial charge in [0.1, 0.15) is 0 Å². The summed E-state index contributed by atoms with van der Waals surface area (Å²) in [5.41, 5.74) is 0. The average Bonchev–Trinajstić information content (AvgIpc) is 1.96. The molecule has 0 aliphatic carbocycles. The van der Waals surface area contributed by atoms with Crippen molar-refractivity contribution in [2.24, 2.45) is 0 Å². The highest BCUT2D eigenvalue weighted by Gasteiger charge is 1.57. The standard InChI is InChI=1S/C6H6.C2H4.2H2S/c1-2-4-6-5-3-1;1-2;;/h1-6H;1-2H2;2*1H2. The van der Waals surface area contributed by atoms with Gasteiger partial charge in [-0.15, -0.1) is 13.2 Å². The number of rotatable bonds is 0. The van der Waals surface area contributed by atoms with Crippen molar-refractivity contribution in [3.63, 3.8) is 0 Å². The van der Waals surface area contributed by atoms with Crippen LogP contribution in [0, 0.1) is 0 Å². The smallest absolute Gasteiger partial charge is 0.0623 e. The molecule has 1 aromatic carbocycles. The Morgan fingerprint density at radius 2 is 0.600 bits per heavy atom. The lowest BCUT2D eigenvalue weighted by Gasteiger charge is -1.69. The van der Waals surface area contributed by atoms with Crippen LogP contribution in [0.5, 0.6) is 0 Å². The molecule has 0 saturated carbocycles. The van der Waals surface area contributed by atoms with Gasteiger partial charge in [0.25, 0.3) is 0 Å². The van der Waals surface area contributed by atoms with E-state index in [1.807, 2.05) is 36.4 Å². The van der Waals surface area contributed by atoms with Gasteiger partial charge in [-0.1, -0.05) is 36.4 Å². The maximum atomic E-state index is 3.00. The van der Waals surface area contributed by atoms with Gasteiger partial charge in [-0.2, -0.15) is 27.0 Å². The van der Waals surface area contributed by atoms with E-state index >= 15 is 0 Å². The Bertz CT molecular complexity index is 90.1. The van der Waals surface area contributed by atoms with Gasteiger partial charge in [0, 0.05) is 0 Å². The monoisotopic (exact) mass is 174 g/mol. The third-order valence-corrected chi connectivity index (χ3v) is 0.667. The normalized spacial score (nSPS) is 5.20. The van der Waals surface area contributed by atoms with Crippen molar-refractivity contribution in [2.45, 2.75) is 0 Å². The van der Waals surface area contributed by atoms with Crippen LogP contribution in [0.15, 0.2) is 49.6 Å². The van der Waals surface area contributed by atoms with Crippen LogP contribution in [0.2, 0.25) is 0 Å². The molecule has 1 aromatic rings. The molecule has 0 amide bonds. The summed E-state index contributed by atoms with van der Waals surface area (Å²) < 4.78 is 0. The van der Waals surface area contributed by atoms with Crippen molar-refractivity contribution >= 4 is 27.0 Å². The molecule has 58 valence electrons. The van der Waals surface area contributed by atoms with Crippen molar-refractivity contribution in [2.75, 3.05) is 0 Å². The van der Waals surface area contributed by atoms with E-state index in [1.165, 1.54) is 0 Å². The van der Waals surface area contributed by atoms with Gasteiger partial charge < -0.3 is 0 Å². The van der Waals surface area contributed by atoms with Gasteiger partial charge in [0.05, 0.1) is 0 Å². The minimum atomic E-state index is 0. The van der Waals surface area contributed by atoms with E-state index in [2.05, 4.69) is 13.2 Å². The molecule has 2 heteroatoms. The Balaban J connectivity index is -0.000000114. The van der Waals surface area contributed by atoms with Gasteiger partial charge in [-0.3, -0.25) is 0 Å². The van der Waals surface area contributed by atoms with Crippen LogP contribution in [0.1, 0.15) is 0 Å². The first-order chi connectivity index (χ1) is 4.00. The SMILES string of the molecule is C=C.S.S.c1ccccc1. The zero-order valence-electron chi connectivity index (χ0n) is 5.88. The van der Waals surface area contributed by atoms with Crippen molar-refractivity contribution in [3.05, 3.63) is 49.6 Å². The van der Waals surface area contributed by atoms with Crippen LogP contribution in [-0.4, -0.2) is 0 Å². The Morgan fingerprint density at radius 3 is 0.700 bits per heavy atom. The predicted molar refractivity (Wildman–Crippen MR) is 58.5 cm³/mol. The van der Waals surface area contributed by atoms with E-state index in [0.717, 1.165) is 0 Å². The Kier molecular flexibility index (Phi) is 25.9. The molecule has 0 atom stereocenters. The van der Waals surface area contributed by atoms with Crippen molar-refractivity contribution in [1.82, 2.24) is 0 Å². The molecule has 0 spiro atoms. The summed E-state index contributed by atoms with van der Waals surface area (Å²) in [6.45, 7) is 6.00. The third-order valence-electron chi connectivity index (χ3n) is 0.667. The van der Waals surface area contributed by atoms with Crippen LogP contribution in [0.25, 0.3) is 0 Å². The molecule has 0 aromatic heterocycles. The van der Waals surface area contributed by atoms with E-state index in [4.69, 9.17) is 0 Å². The number of benzene rings is 1. The van der Waals surface area contributed by atoms with Crippen molar-refractivity contribution in [3.8, 4) is 0 Å². The molecule has 0 unspecified atom stereocenters. The number of hydrogen-bond donors (Lipinski definition) is 0. The summed E-state index contributed by atoms with van der Waals surface area (Å²) in [5.74, 6) is 0. The zero-order valence-corrected chi connectivity index (χ0v) is 7.88. The van der Waals surface area contributed by atoms with E-state index in [0.29, 0.717) is 0 Å². The van der Waals surface area contributed by atoms with E-state index in [1.54, 1.807) is 0 Å². The Hall–Kier alpha value is -0.340. The summed E-state index contributed by atoms with van der Waals surface area (Å²) in [4.78, 5) is 0. The molecular weight excluding hydrogens is 160 g/mol. The molecule has 0 aliphatic heterocycles. The summed E-state index contributed by atoms with van der Waals surface area (Å²) in [5, 5.41) is 0. The minimum Gasteiger partial charge on any atom is -0.197 e. The summed E-state index contributed by atoms with van der Waals surface area (Å²) in [7, 11) is 0. The summed E-state index contributed by atoms with van der Waals surface area (Å²) in [6, 6.07) is 12.0. The molecular formula is C8H14S2. The molecule has 0 nitrogen and oxygen atoms in total. The second kappa shape index (κ2) is 15.9. The van der Waals surface area contributed by atoms with Crippen LogP contribution < -0.4 is 0 Å². The summed E-state index contributed by atoms with van der Waals surface area (Å²) in [6.07, 6.45) is 0. The van der Waals surface area contributed by atoms with Crippen LogP contribution in [0.4, 0.5) is 0 Å². The third kappa shape index (κ3) is 10.6. The van der Waals surface area contributed by atoms with Gasteiger partial charge >= 0.3 is 0 Å². The summed E-state index contributed by atoms with van der Waals surface area (Å²) >= 11 is 0. The van der Waals surface area contributed by atoms with Gasteiger partial charge in [-0.05, 0) is 0 Å². The predicted octanol–water partition coefficient (Wildman–Crippen LogP) is 2.71. The molecule has 0 bridgehead atoms. The molecule has 0 fully saturated rings. The molecule has 0 radical (unpaired) electrons. The Labute approximate surface area is 76.9 Å². The maximum Gasteiger partial charge on any atom is -0.0623 e. The zero-order chi connectivity index (χ0) is 6.24. The maximum absolute atomic E-state index is 3.00. The highest BCUT2D eigenvalue weighted by atomic mass is 32.1. The number of hydrogen-bond acceptors (Lipinski definition) is 0. The highest BCUT2D eigenvalue weighted by Crippen LogP contribution is 1.79. The second-order valence-electron chi connectivity index (χ2n) is 1.15. The van der Waals surface area contributed by atoms with E-state index < -0.39 is 0 Å². The Morgan fingerprint density at radius 1 is 0.500 bits per heavy atom. The fourth-order valence-corrected chi connectivity index (χ4v) is 0.385. The van der Waals surface area contributed by atoms with Crippen LogP contribution >= 0.6 is 27.0 Å². The fourth-order valence-electron chi connectivity index (χ4n) is 0.385. The van der Waals surface area contributed by atoms with Crippen molar-refractivity contribution < 1.29 is 0 Å². The van der Waals surface area contributed by atoms with Crippen molar-refractivity contribution in [1.29, 1.82) is 0 Å².